The van der Waals surface area contributed by atoms with Crippen molar-refractivity contribution in [1.82, 2.24) is 0 Å². The summed E-state index contributed by atoms with van der Waals surface area (Å²) in [5.41, 5.74) is 0. The zero-order chi connectivity index (χ0) is 9.14. The molecule has 4 heteroatoms. The molecule has 0 aromatic carbocycles. The molecule has 1 saturated heterocycles. The van der Waals surface area contributed by atoms with Crippen molar-refractivity contribution < 1.29 is 20.1 Å². The molecule has 4 atom stereocenters. The van der Waals surface area contributed by atoms with E-state index >= 15 is 0 Å². The molecule has 1 heterocycles. The van der Waals surface area contributed by atoms with Crippen LogP contribution in [0.4, 0.5) is 0 Å². The van der Waals surface area contributed by atoms with Crippen LogP contribution >= 0.6 is 0 Å². The summed E-state index contributed by atoms with van der Waals surface area (Å²) in [7, 11) is 0. The number of rotatable bonds is 2. The summed E-state index contributed by atoms with van der Waals surface area (Å²) in [6.07, 6.45) is -1.47. The third-order valence-corrected chi connectivity index (χ3v) is 2.01. The number of aliphatic hydroxyl groups excluding tert-OH is 3. The maximum atomic E-state index is 9.36. The molecule has 1 aliphatic rings. The van der Waals surface area contributed by atoms with Crippen LogP contribution < -0.4 is 0 Å². The highest BCUT2D eigenvalue weighted by Crippen LogP contribution is 2.17. The molecule has 0 saturated carbocycles. The Morgan fingerprint density at radius 3 is 2.58 bits per heavy atom. The van der Waals surface area contributed by atoms with Crippen molar-refractivity contribution >= 4 is 0 Å². The van der Waals surface area contributed by atoms with Gasteiger partial charge in [-0.25, -0.2) is 0 Å². The van der Waals surface area contributed by atoms with Crippen LogP contribution in [-0.4, -0.2) is 46.3 Å². The first-order valence-electron chi connectivity index (χ1n) is 3.93. The molecule has 1 aliphatic heterocycles. The molecule has 1 rings (SSSR count). The summed E-state index contributed by atoms with van der Waals surface area (Å²) in [6.45, 7) is 3.56. The highest BCUT2D eigenvalue weighted by Gasteiger charge is 2.36. The molecule has 3 unspecified atom stereocenters. The van der Waals surface area contributed by atoms with E-state index in [1.165, 1.54) is 0 Å². The Balaban J connectivity index is 2.52. The fourth-order valence-electron chi connectivity index (χ4n) is 1.24. The van der Waals surface area contributed by atoms with Crippen molar-refractivity contribution in [3.05, 3.63) is 12.7 Å². The number of hydrogen-bond acceptors (Lipinski definition) is 4. The molecule has 0 aromatic rings. The molecule has 0 aliphatic carbocycles. The van der Waals surface area contributed by atoms with E-state index in [0.717, 1.165) is 0 Å². The second-order valence-electron chi connectivity index (χ2n) is 2.94. The first-order chi connectivity index (χ1) is 5.66. The lowest BCUT2D eigenvalue weighted by Crippen LogP contribution is -2.52. The summed E-state index contributed by atoms with van der Waals surface area (Å²) in [6, 6.07) is 0. The molecule has 12 heavy (non-hydrogen) atoms. The molecule has 3 N–H and O–H groups in total. The second kappa shape index (κ2) is 4.00. The van der Waals surface area contributed by atoms with Crippen LogP contribution in [0.5, 0.6) is 0 Å². The molecular formula is C8H14O4. The number of aliphatic hydroxyl groups is 3. The normalized spacial score (nSPS) is 42.6. The van der Waals surface area contributed by atoms with Gasteiger partial charge in [0.1, 0.15) is 18.3 Å². The number of ether oxygens (including phenoxy) is 1. The predicted molar refractivity (Wildman–Crippen MR) is 42.6 cm³/mol. The monoisotopic (exact) mass is 174 g/mol. The number of hydrogen-bond donors (Lipinski definition) is 3. The van der Waals surface area contributed by atoms with Crippen molar-refractivity contribution in [2.45, 2.75) is 30.8 Å². The Bertz CT molecular complexity index is 159. The average molecular weight is 174 g/mol. The lowest BCUT2D eigenvalue weighted by Gasteiger charge is -2.34. The van der Waals surface area contributed by atoms with E-state index in [-0.39, 0.29) is 6.61 Å². The van der Waals surface area contributed by atoms with Crippen LogP contribution in [0.3, 0.4) is 0 Å². The summed E-state index contributed by atoms with van der Waals surface area (Å²) >= 11 is 0. The van der Waals surface area contributed by atoms with Gasteiger partial charge in [0.05, 0.1) is 12.7 Å². The molecule has 4 nitrogen and oxygen atoms in total. The first-order valence-corrected chi connectivity index (χ1v) is 3.93. The molecule has 0 bridgehead atoms. The van der Waals surface area contributed by atoms with Crippen LogP contribution in [0.2, 0.25) is 0 Å². The van der Waals surface area contributed by atoms with E-state index in [0.29, 0.717) is 6.42 Å². The first kappa shape index (κ1) is 9.67. The summed E-state index contributed by atoms with van der Waals surface area (Å²) < 4.78 is 5.08. The lowest BCUT2D eigenvalue weighted by atomic mass is 9.98. The third kappa shape index (κ3) is 1.84. The molecule has 0 amide bonds. The van der Waals surface area contributed by atoms with Crippen molar-refractivity contribution in [2.75, 3.05) is 6.61 Å². The van der Waals surface area contributed by atoms with Crippen LogP contribution in [0, 0.1) is 0 Å². The average Bonchev–Trinajstić information content (AvgIpc) is 2.07. The van der Waals surface area contributed by atoms with E-state index in [1.807, 2.05) is 0 Å². The van der Waals surface area contributed by atoms with E-state index in [9.17, 15) is 10.2 Å². The highest BCUT2D eigenvalue weighted by molar-refractivity contribution is 4.89. The molecular weight excluding hydrogens is 160 g/mol. The standard InChI is InChI=1S/C8H14O4/c1-2-3-6-8(11)7(10)5(9)4-12-6/h2,5-11H,1,3-4H2/t5?,6-,7?,8?/m1/s1. The van der Waals surface area contributed by atoms with Gasteiger partial charge in [0.2, 0.25) is 0 Å². The van der Waals surface area contributed by atoms with E-state index < -0.39 is 24.4 Å². The molecule has 0 spiro atoms. The van der Waals surface area contributed by atoms with Gasteiger partial charge in [-0.15, -0.1) is 6.58 Å². The van der Waals surface area contributed by atoms with Gasteiger partial charge in [0.15, 0.2) is 0 Å². The van der Waals surface area contributed by atoms with E-state index in [2.05, 4.69) is 6.58 Å². The summed E-state index contributed by atoms with van der Waals surface area (Å²) in [5, 5.41) is 27.7. The predicted octanol–water partition coefficient (Wildman–Crippen LogP) is -0.956. The van der Waals surface area contributed by atoms with Crippen LogP contribution in [0.1, 0.15) is 6.42 Å². The van der Waals surface area contributed by atoms with Gasteiger partial charge in [-0.2, -0.15) is 0 Å². The Morgan fingerprint density at radius 1 is 1.33 bits per heavy atom. The van der Waals surface area contributed by atoms with Crippen LogP contribution in [0.25, 0.3) is 0 Å². The van der Waals surface area contributed by atoms with Crippen molar-refractivity contribution in [3.8, 4) is 0 Å². The topological polar surface area (TPSA) is 69.9 Å². The fourth-order valence-corrected chi connectivity index (χ4v) is 1.24. The van der Waals surface area contributed by atoms with Gasteiger partial charge in [-0.1, -0.05) is 6.08 Å². The minimum absolute atomic E-state index is 0.0662. The lowest BCUT2D eigenvalue weighted by molar-refractivity contribution is -0.185. The minimum Gasteiger partial charge on any atom is -0.388 e. The quantitative estimate of drug-likeness (QED) is 0.472. The van der Waals surface area contributed by atoms with Crippen LogP contribution in [0.15, 0.2) is 12.7 Å². The van der Waals surface area contributed by atoms with Gasteiger partial charge in [0.25, 0.3) is 0 Å². The molecule has 70 valence electrons. The fraction of sp³-hybridized carbons (Fsp3) is 0.750. The Labute approximate surface area is 71.1 Å². The zero-order valence-corrected chi connectivity index (χ0v) is 6.76. The van der Waals surface area contributed by atoms with Crippen LogP contribution in [-0.2, 0) is 4.74 Å². The highest BCUT2D eigenvalue weighted by atomic mass is 16.5. The van der Waals surface area contributed by atoms with Gasteiger partial charge < -0.3 is 20.1 Å². The van der Waals surface area contributed by atoms with Crippen molar-refractivity contribution in [2.24, 2.45) is 0 Å². The van der Waals surface area contributed by atoms with Gasteiger partial charge in [-0.3, -0.25) is 0 Å². The second-order valence-corrected chi connectivity index (χ2v) is 2.94. The summed E-state index contributed by atoms with van der Waals surface area (Å²) in [4.78, 5) is 0. The smallest absolute Gasteiger partial charge is 0.111 e. The largest absolute Gasteiger partial charge is 0.388 e. The maximum Gasteiger partial charge on any atom is 0.111 e. The van der Waals surface area contributed by atoms with Gasteiger partial charge in [0, 0.05) is 0 Å². The van der Waals surface area contributed by atoms with E-state index in [1.54, 1.807) is 6.08 Å². The Kier molecular flexibility index (Phi) is 3.22. The molecule has 0 aromatic heterocycles. The Morgan fingerprint density at radius 2 is 2.00 bits per heavy atom. The Hall–Kier alpha value is -0.420. The minimum atomic E-state index is -1.11. The zero-order valence-electron chi connectivity index (χ0n) is 6.76. The molecule has 0 radical (unpaired) electrons. The third-order valence-electron chi connectivity index (χ3n) is 2.01. The van der Waals surface area contributed by atoms with E-state index in [4.69, 9.17) is 9.84 Å². The van der Waals surface area contributed by atoms with Crippen molar-refractivity contribution in [1.29, 1.82) is 0 Å². The SMILES string of the molecule is C=CC[C@H]1OCC(O)C(O)C1O. The van der Waals surface area contributed by atoms with Gasteiger partial charge >= 0.3 is 0 Å². The molecule has 1 fully saturated rings. The van der Waals surface area contributed by atoms with Crippen molar-refractivity contribution in [3.63, 3.8) is 0 Å². The maximum absolute atomic E-state index is 9.36. The summed E-state index contributed by atoms with van der Waals surface area (Å²) in [5.74, 6) is 0. The van der Waals surface area contributed by atoms with Gasteiger partial charge in [-0.05, 0) is 6.42 Å².